The number of nitrogens with zero attached hydrogens (tertiary/aromatic N) is 1. The molecule has 5 heteroatoms. The van der Waals surface area contributed by atoms with Gasteiger partial charge in [0.05, 0.1) is 23.9 Å². The van der Waals surface area contributed by atoms with Crippen molar-refractivity contribution in [3.8, 4) is 5.75 Å². The van der Waals surface area contributed by atoms with Crippen molar-refractivity contribution in [2.75, 3.05) is 4.90 Å². The molecular formula is C21H23NO4. The highest BCUT2D eigenvalue weighted by Crippen LogP contribution is 2.35. The molecular weight excluding hydrogens is 330 g/mol. The lowest BCUT2D eigenvalue weighted by molar-refractivity contribution is -0.125. The van der Waals surface area contributed by atoms with E-state index in [0.29, 0.717) is 17.9 Å². The number of carbonyl (C=O) groups excluding carboxylic acids is 2. The number of anilines is 1. The molecule has 0 bridgehead atoms. The second-order valence-corrected chi connectivity index (χ2v) is 6.81. The molecule has 0 fully saturated rings. The van der Waals surface area contributed by atoms with Gasteiger partial charge in [-0.05, 0) is 63.1 Å². The zero-order chi connectivity index (χ0) is 18.8. The van der Waals surface area contributed by atoms with Crippen LogP contribution in [0.5, 0.6) is 5.75 Å². The fourth-order valence-corrected chi connectivity index (χ4v) is 2.89. The SMILES string of the molecule is Cc1ccc2c(c1)N(Cc1ccc(C(=O)OC(C)C)cc1)C(=O)C(C)O2. The third-order valence-corrected chi connectivity index (χ3v) is 4.20. The lowest BCUT2D eigenvalue weighted by Crippen LogP contribution is -2.44. The Morgan fingerprint density at radius 1 is 1.19 bits per heavy atom. The number of carbonyl (C=O) groups is 2. The van der Waals surface area contributed by atoms with Crippen molar-refractivity contribution in [2.24, 2.45) is 0 Å². The van der Waals surface area contributed by atoms with E-state index in [0.717, 1.165) is 16.8 Å². The molecule has 1 aliphatic rings. The zero-order valence-electron chi connectivity index (χ0n) is 15.5. The minimum absolute atomic E-state index is 0.0774. The van der Waals surface area contributed by atoms with Gasteiger partial charge in [-0.25, -0.2) is 4.79 Å². The Morgan fingerprint density at radius 2 is 1.88 bits per heavy atom. The van der Waals surface area contributed by atoms with Crippen molar-refractivity contribution < 1.29 is 19.1 Å². The minimum atomic E-state index is -0.523. The summed E-state index contributed by atoms with van der Waals surface area (Å²) in [4.78, 5) is 26.3. The van der Waals surface area contributed by atoms with Gasteiger partial charge in [-0.3, -0.25) is 4.79 Å². The monoisotopic (exact) mass is 353 g/mol. The van der Waals surface area contributed by atoms with Crippen molar-refractivity contribution in [1.82, 2.24) is 0 Å². The van der Waals surface area contributed by atoms with Gasteiger partial charge in [0.25, 0.3) is 5.91 Å². The lowest BCUT2D eigenvalue weighted by atomic mass is 10.1. The van der Waals surface area contributed by atoms with Crippen LogP contribution in [-0.4, -0.2) is 24.1 Å². The third-order valence-electron chi connectivity index (χ3n) is 4.20. The zero-order valence-corrected chi connectivity index (χ0v) is 15.5. The number of fused-ring (bicyclic) bond motifs is 1. The van der Waals surface area contributed by atoms with E-state index in [1.165, 1.54) is 0 Å². The topological polar surface area (TPSA) is 55.8 Å². The van der Waals surface area contributed by atoms with Crippen molar-refractivity contribution in [1.29, 1.82) is 0 Å². The Morgan fingerprint density at radius 3 is 2.54 bits per heavy atom. The van der Waals surface area contributed by atoms with E-state index < -0.39 is 6.10 Å². The maximum absolute atomic E-state index is 12.6. The molecule has 5 nitrogen and oxygen atoms in total. The summed E-state index contributed by atoms with van der Waals surface area (Å²) in [5.74, 6) is 0.287. The molecule has 0 aromatic heterocycles. The van der Waals surface area contributed by atoms with E-state index in [2.05, 4.69) is 0 Å². The van der Waals surface area contributed by atoms with E-state index in [1.54, 1.807) is 24.0 Å². The molecule has 1 heterocycles. The van der Waals surface area contributed by atoms with Crippen molar-refractivity contribution >= 4 is 17.6 Å². The van der Waals surface area contributed by atoms with Crippen LogP contribution in [0.3, 0.4) is 0 Å². The molecule has 2 aromatic carbocycles. The quantitative estimate of drug-likeness (QED) is 0.783. The fraction of sp³-hybridized carbons (Fsp3) is 0.333. The average Bonchev–Trinajstić information content (AvgIpc) is 2.59. The first-order valence-electron chi connectivity index (χ1n) is 8.74. The number of amides is 1. The predicted octanol–water partition coefficient (Wildman–Crippen LogP) is 3.87. The van der Waals surface area contributed by atoms with E-state index in [4.69, 9.17) is 9.47 Å². The predicted molar refractivity (Wildman–Crippen MR) is 99.5 cm³/mol. The Hall–Kier alpha value is -2.82. The molecule has 0 radical (unpaired) electrons. The highest BCUT2D eigenvalue weighted by atomic mass is 16.5. The Balaban J connectivity index is 1.83. The van der Waals surface area contributed by atoms with Crippen molar-refractivity contribution in [3.05, 3.63) is 59.2 Å². The van der Waals surface area contributed by atoms with Crippen molar-refractivity contribution in [3.63, 3.8) is 0 Å². The van der Waals surface area contributed by atoms with Crippen molar-refractivity contribution in [2.45, 2.75) is 46.4 Å². The molecule has 0 spiro atoms. The number of benzene rings is 2. The summed E-state index contributed by atoms with van der Waals surface area (Å²) in [6, 6.07) is 13.0. The second kappa shape index (κ2) is 7.20. The molecule has 1 atom stereocenters. The molecule has 2 aromatic rings. The van der Waals surface area contributed by atoms with Crippen LogP contribution in [0.1, 0.15) is 42.3 Å². The Kier molecular flexibility index (Phi) is 4.98. The highest BCUT2D eigenvalue weighted by molar-refractivity contribution is 5.99. The van der Waals surface area contributed by atoms with Gasteiger partial charge in [0.15, 0.2) is 6.10 Å². The van der Waals surface area contributed by atoms with Crippen LogP contribution < -0.4 is 9.64 Å². The summed E-state index contributed by atoms with van der Waals surface area (Å²) < 4.78 is 10.9. The van der Waals surface area contributed by atoms with E-state index in [9.17, 15) is 9.59 Å². The third kappa shape index (κ3) is 3.72. The summed E-state index contributed by atoms with van der Waals surface area (Å²) in [6.07, 6.45) is -0.681. The number of esters is 1. The first-order chi connectivity index (χ1) is 12.3. The van der Waals surface area contributed by atoms with Gasteiger partial charge in [-0.2, -0.15) is 0 Å². The summed E-state index contributed by atoms with van der Waals surface area (Å²) in [7, 11) is 0. The van der Waals surface area contributed by atoms with Gasteiger partial charge in [0.1, 0.15) is 5.75 Å². The summed E-state index contributed by atoms with van der Waals surface area (Å²) >= 11 is 0. The Bertz CT molecular complexity index is 826. The summed E-state index contributed by atoms with van der Waals surface area (Å²) in [5, 5.41) is 0. The molecule has 0 saturated carbocycles. The normalized spacial score (nSPS) is 16.3. The molecule has 1 unspecified atom stereocenters. The van der Waals surface area contributed by atoms with Crippen LogP contribution in [-0.2, 0) is 16.1 Å². The average molecular weight is 353 g/mol. The lowest BCUT2D eigenvalue weighted by Gasteiger charge is -2.33. The number of aryl methyl sites for hydroxylation is 1. The minimum Gasteiger partial charge on any atom is -0.479 e. The van der Waals surface area contributed by atoms with Gasteiger partial charge in [0, 0.05) is 0 Å². The first-order valence-corrected chi connectivity index (χ1v) is 8.74. The number of rotatable bonds is 4. The van der Waals surface area contributed by atoms with Crippen LogP contribution >= 0.6 is 0 Å². The highest BCUT2D eigenvalue weighted by Gasteiger charge is 2.31. The van der Waals surface area contributed by atoms with Crippen LogP contribution in [0.2, 0.25) is 0 Å². The van der Waals surface area contributed by atoms with E-state index >= 15 is 0 Å². The van der Waals surface area contributed by atoms with Gasteiger partial charge >= 0.3 is 5.97 Å². The number of ether oxygens (including phenoxy) is 2. The molecule has 1 aliphatic heterocycles. The van der Waals surface area contributed by atoms with Crippen LogP contribution in [0.15, 0.2) is 42.5 Å². The largest absolute Gasteiger partial charge is 0.479 e. The van der Waals surface area contributed by atoms with Gasteiger partial charge < -0.3 is 14.4 Å². The van der Waals surface area contributed by atoms with Gasteiger partial charge in [-0.15, -0.1) is 0 Å². The second-order valence-electron chi connectivity index (χ2n) is 6.81. The molecule has 0 aliphatic carbocycles. The van der Waals surface area contributed by atoms with Crippen LogP contribution in [0.4, 0.5) is 5.69 Å². The van der Waals surface area contributed by atoms with E-state index in [-0.39, 0.29) is 18.0 Å². The molecule has 1 amide bonds. The molecule has 0 N–H and O–H groups in total. The molecule has 26 heavy (non-hydrogen) atoms. The first kappa shape index (κ1) is 18.0. The van der Waals surface area contributed by atoms with Gasteiger partial charge in [-0.1, -0.05) is 18.2 Å². The number of hydrogen-bond donors (Lipinski definition) is 0. The fourth-order valence-electron chi connectivity index (χ4n) is 2.89. The van der Waals surface area contributed by atoms with Gasteiger partial charge in [0.2, 0.25) is 0 Å². The maximum atomic E-state index is 12.6. The summed E-state index contributed by atoms with van der Waals surface area (Å²) in [6.45, 7) is 7.79. The summed E-state index contributed by atoms with van der Waals surface area (Å²) in [5.41, 5.74) is 3.27. The van der Waals surface area contributed by atoms with Crippen LogP contribution in [0.25, 0.3) is 0 Å². The van der Waals surface area contributed by atoms with E-state index in [1.807, 2.05) is 51.1 Å². The maximum Gasteiger partial charge on any atom is 0.338 e. The smallest absolute Gasteiger partial charge is 0.338 e. The Labute approximate surface area is 153 Å². The molecule has 3 rings (SSSR count). The number of hydrogen-bond acceptors (Lipinski definition) is 4. The standard InChI is InChI=1S/C21H23NO4/c1-13(2)25-21(24)17-8-6-16(7-9-17)12-22-18-11-14(3)5-10-19(18)26-15(4)20(22)23/h5-11,13,15H,12H2,1-4H3. The molecule has 136 valence electrons. The van der Waals surface area contributed by atoms with Crippen LogP contribution in [0, 0.1) is 6.92 Å². The molecule has 0 saturated heterocycles.